The van der Waals surface area contributed by atoms with Gasteiger partial charge >= 0.3 is 0 Å². The van der Waals surface area contributed by atoms with E-state index in [2.05, 4.69) is 36.6 Å². The lowest BCUT2D eigenvalue weighted by Crippen LogP contribution is -2.25. The van der Waals surface area contributed by atoms with Crippen molar-refractivity contribution >= 4 is 63.2 Å². The van der Waals surface area contributed by atoms with Crippen LogP contribution in [-0.2, 0) is 26.5 Å². The fourth-order valence-electron chi connectivity index (χ4n) is 1.71. The molecule has 3 N–H and O–H groups in total. The minimum absolute atomic E-state index is 0.0233. The van der Waals surface area contributed by atoms with Crippen LogP contribution >= 0.6 is 43.2 Å². The predicted octanol–water partition coefficient (Wildman–Crippen LogP) is 2.44. The van der Waals surface area contributed by atoms with Crippen LogP contribution in [0.25, 0.3) is 0 Å². The minimum atomic E-state index is -3.72. The molecule has 0 radical (unpaired) electrons. The molecule has 0 spiro atoms. The van der Waals surface area contributed by atoms with Gasteiger partial charge in [-0.15, -0.1) is 11.3 Å². The first-order valence-corrected chi connectivity index (χ1v) is 11.6. The number of rotatable bonds is 6. The van der Waals surface area contributed by atoms with Gasteiger partial charge in [-0.3, -0.25) is 0 Å². The van der Waals surface area contributed by atoms with Crippen molar-refractivity contribution in [2.75, 3.05) is 6.54 Å². The van der Waals surface area contributed by atoms with E-state index < -0.39 is 20.0 Å². The fraction of sp³-hybridized carbons (Fsp3) is 0.167. The Kier molecular flexibility index (Phi) is 6.04. The second-order valence-corrected chi connectivity index (χ2v) is 11.3. The van der Waals surface area contributed by atoms with Gasteiger partial charge in [-0.1, -0.05) is 12.1 Å². The first kappa shape index (κ1) is 19.0. The highest BCUT2D eigenvalue weighted by Gasteiger charge is 2.18. The molecule has 0 atom stereocenters. The molecule has 1 aromatic heterocycles. The first-order valence-electron chi connectivity index (χ1n) is 6.16. The lowest BCUT2D eigenvalue weighted by molar-refractivity contribution is 0.583. The number of primary sulfonamides is 1. The summed E-state index contributed by atoms with van der Waals surface area (Å²) in [6.07, 6.45) is 0.428. The summed E-state index contributed by atoms with van der Waals surface area (Å²) in [6.45, 7) is 0.199. The molecule has 0 aliphatic heterocycles. The van der Waals surface area contributed by atoms with Crippen LogP contribution in [0.3, 0.4) is 0 Å². The smallest absolute Gasteiger partial charge is 0.225 e. The lowest BCUT2D eigenvalue weighted by atomic mass is 10.2. The molecular formula is C12H12Br2N2O4S3. The van der Waals surface area contributed by atoms with E-state index in [1.54, 1.807) is 12.1 Å². The Balaban J connectivity index is 1.99. The van der Waals surface area contributed by atoms with Crippen molar-refractivity contribution in [3.63, 3.8) is 0 Å². The van der Waals surface area contributed by atoms with Crippen LogP contribution in [0.4, 0.5) is 0 Å². The van der Waals surface area contributed by atoms with Gasteiger partial charge in [-0.25, -0.2) is 26.7 Å². The van der Waals surface area contributed by atoms with Crippen molar-refractivity contribution in [3.8, 4) is 0 Å². The highest BCUT2D eigenvalue weighted by atomic mass is 79.9. The maximum Gasteiger partial charge on any atom is 0.250 e. The Bertz CT molecular complexity index is 887. The molecule has 23 heavy (non-hydrogen) atoms. The molecule has 0 aliphatic rings. The summed E-state index contributed by atoms with van der Waals surface area (Å²) in [7, 11) is -7.29. The summed E-state index contributed by atoms with van der Waals surface area (Å²) >= 11 is 7.62. The lowest BCUT2D eigenvalue weighted by Gasteiger charge is -2.05. The van der Waals surface area contributed by atoms with Crippen LogP contribution < -0.4 is 9.86 Å². The highest BCUT2D eigenvalue weighted by Crippen LogP contribution is 2.34. The van der Waals surface area contributed by atoms with Crippen molar-refractivity contribution < 1.29 is 16.8 Å². The summed E-state index contributed by atoms with van der Waals surface area (Å²) in [5, 5.41) is 5.02. The van der Waals surface area contributed by atoms with Crippen molar-refractivity contribution in [2.24, 2.45) is 5.14 Å². The first-order chi connectivity index (χ1) is 10.6. The molecule has 6 nitrogen and oxygen atoms in total. The second kappa shape index (κ2) is 7.30. The Labute approximate surface area is 155 Å². The molecule has 1 aromatic carbocycles. The maximum atomic E-state index is 12.1. The number of nitrogens with two attached hydrogens (primary N) is 1. The largest absolute Gasteiger partial charge is 0.250 e. The molecule has 2 aromatic rings. The summed E-state index contributed by atoms with van der Waals surface area (Å²) in [5.74, 6) is 0. The highest BCUT2D eigenvalue weighted by molar-refractivity contribution is 9.13. The van der Waals surface area contributed by atoms with Gasteiger partial charge < -0.3 is 0 Å². The summed E-state index contributed by atoms with van der Waals surface area (Å²) in [4.78, 5) is 0.0233. The van der Waals surface area contributed by atoms with Crippen molar-refractivity contribution in [1.82, 2.24) is 4.72 Å². The second-order valence-electron chi connectivity index (χ2n) is 4.52. The molecule has 0 fully saturated rings. The predicted molar refractivity (Wildman–Crippen MR) is 96.4 cm³/mol. The van der Waals surface area contributed by atoms with E-state index in [9.17, 15) is 16.8 Å². The van der Waals surface area contributed by atoms with Crippen molar-refractivity contribution in [2.45, 2.75) is 15.5 Å². The molecule has 0 unspecified atom stereocenters. The van der Waals surface area contributed by atoms with E-state index in [1.165, 1.54) is 18.2 Å². The number of halogens is 2. The number of benzene rings is 1. The molecule has 0 bridgehead atoms. The molecule has 11 heteroatoms. The molecule has 0 saturated heterocycles. The van der Waals surface area contributed by atoms with Gasteiger partial charge in [-0.05, 0) is 62.0 Å². The Morgan fingerprint density at radius 2 is 1.70 bits per heavy atom. The normalized spacial score (nSPS) is 12.5. The zero-order valence-corrected chi connectivity index (χ0v) is 17.1. The SMILES string of the molecule is NS(=O)(=O)c1ccc(CCNS(=O)(=O)c2cc(Br)c(Br)s2)cc1. The molecule has 0 amide bonds. The number of hydrogen-bond donors (Lipinski definition) is 2. The zero-order chi connectivity index (χ0) is 17.3. The molecule has 126 valence electrons. The third-order valence-corrected chi connectivity index (χ3v) is 8.97. The van der Waals surface area contributed by atoms with Gasteiger partial charge in [0, 0.05) is 11.0 Å². The van der Waals surface area contributed by atoms with E-state index >= 15 is 0 Å². The van der Waals surface area contributed by atoms with Gasteiger partial charge in [0.2, 0.25) is 20.0 Å². The zero-order valence-electron chi connectivity index (χ0n) is 11.5. The molecule has 0 saturated carbocycles. The van der Waals surface area contributed by atoms with Crippen LogP contribution in [0.1, 0.15) is 5.56 Å². The summed E-state index contributed by atoms with van der Waals surface area (Å²) in [6, 6.07) is 7.52. The van der Waals surface area contributed by atoms with Crippen LogP contribution in [0, 0.1) is 0 Å². The fourth-order valence-corrected chi connectivity index (χ4v) is 6.12. The molecule has 0 aliphatic carbocycles. The number of nitrogens with one attached hydrogen (secondary N) is 1. The molecule has 1 heterocycles. The Morgan fingerprint density at radius 3 is 2.17 bits per heavy atom. The minimum Gasteiger partial charge on any atom is -0.225 e. The van der Waals surface area contributed by atoms with Gasteiger partial charge in [0.25, 0.3) is 0 Å². The standard InChI is InChI=1S/C12H12Br2N2O4S3/c13-10-7-11(21-12(10)14)23(19,20)16-6-5-8-1-3-9(4-2-8)22(15,17)18/h1-4,7,16H,5-6H2,(H2,15,17,18). The van der Waals surface area contributed by atoms with Crippen LogP contribution in [-0.4, -0.2) is 23.4 Å². The van der Waals surface area contributed by atoms with Gasteiger partial charge in [-0.2, -0.15) is 0 Å². The monoisotopic (exact) mass is 502 g/mol. The number of sulfonamides is 2. The van der Waals surface area contributed by atoms with Crippen LogP contribution in [0.2, 0.25) is 0 Å². The average Bonchev–Trinajstić information content (AvgIpc) is 2.79. The van der Waals surface area contributed by atoms with E-state index in [4.69, 9.17) is 5.14 Å². The third kappa shape index (κ3) is 5.08. The summed E-state index contributed by atoms with van der Waals surface area (Å²) < 4.78 is 50.7. The third-order valence-electron chi connectivity index (χ3n) is 2.85. The summed E-state index contributed by atoms with van der Waals surface area (Å²) in [5.41, 5.74) is 0.800. The number of hydrogen-bond acceptors (Lipinski definition) is 5. The van der Waals surface area contributed by atoms with E-state index in [0.29, 0.717) is 14.7 Å². The Hall–Kier alpha value is -0.300. The Morgan fingerprint density at radius 1 is 1.09 bits per heavy atom. The van der Waals surface area contributed by atoms with Crippen LogP contribution in [0.5, 0.6) is 0 Å². The van der Waals surface area contributed by atoms with E-state index in [-0.39, 0.29) is 15.6 Å². The van der Waals surface area contributed by atoms with Crippen LogP contribution in [0.15, 0.2) is 47.7 Å². The molecular weight excluding hydrogens is 492 g/mol. The van der Waals surface area contributed by atoms with E-state index in [1.807, 2.05) is 0 Å². The quantitative estimate of drug-likeness (QED) is 0.631. The maximum absolute atomic E-state index is 12.1. The van der Waals surface area contributed by atoms with Gasteiger partial charge in [0.1, 0.15) is 4.21 Å². The van der Waals surface area contributed by atoms with Crippen molar-refractivity contribution in [3.05, 3.63) is 44.2 Å². The van der Waals surface area contributed by atoms with Gasteiger partial charge in [0.05, 0.1) is 8.68 Å². The topological polar surface area (TPSA) is 106 Å². The van der Waals surface area contributed by atoms with Gasteiger partial charge in [0.15, 0.2) is 0 Å². The molecule has 2 rings (SSSR count). The van der Waals surface area contributed by atoms with E-state index in [0.717, 1.165) is 16.9 Å². The number of thiophene rings is 1. The average molecular weight is 504 g/mol. The van der Waals surface area contributed by atoms with Crippen molar-refractivity contribution in [1.29, 1.82) is 0 Å².